The highest BCUT2D eigenvalue weighted by Gasteiger charge is 2.23. The van der Waals surface area contributed by atoms with Crippen molar-refractivity contribution in [2.45, 2.75) is 17.1 Å². The zero-order valence-electron chi connectivity index (χ0n) is 9.03. The van der Waals surface area contributed by atoms with E-state index in [0.29, 0.717) is 11.3 Å². The first-order valence-electron chi connectivity index (χ1n) is 4.95. The lowest BCUT2D eigenvalue weighted by molar-refractivity contribution is -0.115. The normalized spacial score (nSPS) is 18.6. The number of anilines is 1. The predicted molar refractivity (Wildman–Crippen MR) is 63.8 cm³/mol. The average Bonchev–Trinajstić information content (AvgIpc) is 2.29. The monoisotopic (exact) mass is 236 g/mol. The molecular weight excluding hydrogens is 224 g/mol. The van der Waals surface area contributed by atoms with Crippen molar-refractivity contribution >= 4 is 29.3 Å². The smallest absolute Gasteiger partial charge is 0.251 e. The van der Waals surface area contributed by atoms with Crippen LogP contribution in [0.15, 0.2) is 23.1 Å². The Kier molecular flexibility index (Phi) is 2.87. The third-order valence-electron chi connectivity index (χ3n) is 2.40. The Morgan fingerprint density at radius 1 is 1.50 bits per heavy atom. The Labute approximate surface area is 97.8 Å². The number of benzene rings is 1. The van der Waals surface area contributed by atoms with Gasteiger partial charge in [0, 0.05) is 17.5 Å². The summed E-state index contributed by atoms with van der Waals surface area (Å²) in [5, 5.41) is 5.25. The molecule has 16 heavy (non-hydrogen) atoms. The minimum atomic E-state index is -0.152. The van der Waals surface area contributed by atoms with Crippen LogP contribution < -0.4 is 10.6 Å². The van der Waals surface area contributed by atoms with Crippen LogP contribution in [-0.2, 0) is 4.79 Å². The van der Waals surface area contributed by atoms with E-state index in [1.54, 1.807) is 19.2 Å². The molecule has 0 unspecified atom stereocenters. The fourth-order valence-corrected chi connectivity index (χ4v) is 2.42. The summed E-state index contributed by atoms with van der Waals surface area (Å²) < 4.78 is 0. The van der Waals surface area contributed by atoms with Gasteiger partial charge in [0.15, 0.2) is 0 Å². The van der Waals surface area contributed by atoms with Gasteiger partial charge in [0.2, 0.25) is 5.91 Å². The van der Waals surface area contributed by atoms with Crippen molar-refractivity contribution in [1.82, 2.24) is 5.32 Å². The van der Waals surface area contributed by atoms with Gasteiger partial charge in [0.25, 0.3) is 5.91 Å². The molecule has 84 valence electrons. The fraction of sp³-hybridized carbons (Fsp3) is 0.273. The lowest BCUT2D eigenvalue weighted by atomic mass is 10.2. The number of carbonyl (C=O) groups excluding carboxylic acids is 2. The maximum atomic E-state index is 11.5. The van der Waals surface area contributed by atoms with Crippen molar-refractivity contribution in [1.29, 1.82) is 0 Å². The summed E-state index contributed by atoms with van der Waals surface area (Å²) in [4.78, 5) is 23.9. The van der Waals surface area contributed by atoms with Gasteiger partial charge in [-0.3, -0.25) is 9.59 Å². The average molecular weight is 236 g/mol. The molecule has 5 heteroatoms. The van der Waals surface area contributed by atoms with Crippen LogP contribution in [0.25, 0.3) is 0 Å². The highest BCUT2D eigenvalue weighted by atomic mass is 32.2. The molecule has 1 heterocycles. The zero-order chi connectivity index (χ0) is 11.7. The number of nitrogens with one attached hydrogen (secondary N) is 2. The minimum Gasteiger partial charge on any atom is -0.355 e. The van der Waals surface area contributed by atoms with E-state index in [-0.39, 0.29) is 17.1 Å². The molecule has 2 amide bonds. The van der Waals surface area contributed by atoms with Crippen molar-refractivity contribution in [2.75, 3.05) is 12.4 Å². The number of hydrogen-bond acceptors (Lipinski definition) is 3. The largest absolute Gasteiger partial charge is 0.355 e. The molecule has 0 bridgehead atoms. The van der Waals surface area contributed by atoms with Crippen LogP contribution in [0.3, 0.4) is 0 Å². The van der Waals surface area contributed by atoms with Gasteiger partial charge >= 0.3 is 0 Å². The van der Waals surface area contributed by atoms with Crippen LogP contribution in [0.1, 0.15) is 17.3 Å². The number of amides is 2. The molecule has 4 nitrogen and oxygen atoms in total. The van der Waals surface area contributed by atoms with E-state index in [0.717, 1.165) is 4.90 Å². The van der Waals surface area contributed by atoms with Gasteiger partial charge in [-0.25, -0.2) is 0 Å². The van der Waals surface area contributed by atoms with Crippen molar-refractivity contribution in [3.8, 4) is 0 Å². The van der Waals surface area contributed by atoms with Crippen LogP contribution in [0, 0.1) is 0 Å². The predicted octanol–water partition coefficient (Wildman–Crippen LogP) is 1.48. The van der Waals surface area contributed by atoms with Crippen LogP contribution in [-0.4, -0.2) is 24.1 Å². The summed E-state index contributed by atoms with van der Waals surface area (Å²) >= 11 is 1.50. The summed E-state index contributed by atoms with van der Waals surface area (Å²) in [6, 6.07) is 5.32. The van der Waals surface area contributed by atoms with E-state index in [1.165, 1.54) is 11.8 Å². The Hall–Kier alpha value is -1.49. The summed E-state index contributed by atoms with van der Waals surface area (Å²) in [6.45, 7) is 1.86. The molecule has 0 aromatic heterocycles. The van der Waals surface area contributed by atoms with E-state index in [1.807, 2.05) is 13.0 Å². The topological polar surface area (TPSA) is 58.2 Å². The highest BCUT2D eigenvalue weighted by Crippen LogP contribution is 2.35. The molecule has 0 aliphatic carbocycles. The first kappa shape index (κ1) is 11.0. The third kappa shape index (κ3) is 1.90. The maximum Gasteiger partial charge on any atom is 0.251 e. The van der Waals surface area contributed by atoms with Crippen LogP contribution in [0.2, 0.25) is 0 Å². The summed E-state index contributed by atoms with van der Waals surface area (Å²) in [7, 11) is 1.58. The van der Waals surface area contributed by atoms with Gasteiger partial charge in [-0.1, -0.05) is 0 Å². The zero-order valence-corrected chi connectivity index (χ0v) is 9.85. The number of thioether (sulfide) groups is 1. The second kappa shape index (κ2) is 4.17. The lowest BCUT2D eigenvalue weighted by Crippen LogP contribution is -2.27. The Balaban J connectivity index is 2.36. The van der Waals surface area contributed by atoms with Gasteiger partial charge in [0.1, 0.15) is 0 Å². The molecule has 0 spiro atoms. The van der Waals surface area contributed by atoms with Crippen molar-refractivity contribution < 1.29 is 9.59 Å². The highest BCUT2D eigenvalue weighted by molar-refractivity contribution is 8.00. The molecule has 1 aromatic carbocycles. The Morgan fingerprint density at radius 2 is 2.25 bits per heavy atom. The van der Waals surface area contributed by atoms with E-state index >= 15 is 0 Å². The molecule has 1 aromatic rings. The van der Waals surface area contributed by atoms with Crippen molar-refractivity contribution in [3.05, 3.63) is 23.8 Å². The number of carbonyl (C=O) groups is 2. The molecule has 0 radical (unpaired) electrons. The first-order chi connectivity index (χ1) is 7.61. The maximum absolute atomic E-state index is 11.5. The molecule has 0 saturated heterocycles. The summed E-state index contributed by atoms with van der Waals surface area (Å²) in [6.07, 6.45) is 0. The molecule has 1 aliphatic heterocycles. The van der Waals surface area contributed by atoms with E-state index < -0.39 is 0 Å². The van der Waals surface area contributed by atoms with Crippen molar-refractivity contribution in [2.24, 2.45) is 0 Å². The Bertz CT molecular complexity index is 459. The third-order valence-corrected chi connectivity index (χ3v) is 3.58. The van der Waals surface area contributed by atoms with Crippen LogP contribution in [0.5, 0.6) is 0 Å². The first-order valence-corrected chi connectivity index (χ1v) is 5.83. The lowest BCUT2D eigenvalue weighted by Gasteiger charge is -2.21. The fourth-order valence-electron chi connectivity index (χ4n) is 1.49. The number of rotatable bonds is 1. The van der Waals surface area contributed by atoms with Gasteiger partial charge in [-0.15, -0.1) is 11.8 Å². The van der Waals surface area contributed by atoms with E-state index in [9.17, 15) is 9.59 Å². The van der Waals surface area contributed by atoms with Gasteiger partial charge in [0.05, 0.1) is 10.9 Å². The molecule has 0 fully saturated rings. The van der Waals surface area contributed by atoms with E-state index in [4.69, 9.17) is 0 Å². The standard InChI is InChI=1S/C11H12N2O2S/c1-6-10(14)13-8-5-7(11(15)12-2)3-4-9(8)16-6/h3-6H,1-2H3,(H,12,15)(H,13,14)/t6-/m0/s1. The minimum absolute atomic E-state index is 0.0217. The van der Waals surface area contributed by atoms with Gasteiger partial charge in [-0.05, 0) is 25.1 Å². The second-order valence-corrected chi connectivity index (χ2v) is 4.92. The molecule has 1 atom stereocenters. The molecule has 1 aliphatic rings. The van der Waals surface area contributed by atoms with Crippen LogP contribution in [0.4, 0.5) is 5.69 Å². The SMILES string of the molecule is CNC(=O)c1ccc2c(c1)NC(=O)[C@H](C)S2. The van der Waals surface area contributed by atoms with E-state index in [2.05, 4.69) is 10.6 Å². The van der Waals surface area contributed by atoms with Crippen LogP contribution >= 0.6 is 11.8 Å². The van der Waals surface area contributed by atoms with Crippen molar-refractivity contribution in [3.63, 3.8) is 0 Å². The molecule has 0 saturated carbocycles. The van der Waals surface area contributed by atoms with Gasteiger partial charge in [-0.2, -0.15) is 0 Å². The Morgan fingerprint density at radius 3 is 2.94 bits per heavy atom. The summed E-state index contributed by atoms with van der Waals surface area (Å²) in [5.74, 6) is -0.174. The second-order valence-electron chi connectivity index (χ2n) is 3.54. The molecular formula is C11H12N2O2S. The number of fused-ring (bicyclic) bond motifs is 1. The molecule has 2 rings (SSSR count). The number of hydrogen-bond donors (Lipinski definition) is 2. The van der Waals surface area contributed by atoms with Gasteiger partial charge < -0.3 is 10.6 Å². The quantitative estimate of drug-likeness (QED) is 0.776. The molecule has 2 N–H and O–H groups in total. The summed E-state index contributed by atoms with van der Waals surface area (Å²) in [5.41, 5.74) is 1.27.